The van der Waals surface area contributed by atoms with E-state index in [-0.39, 0.29) is 5.41 Å². The van der Waals surface area contributed by atoms with Crippen LogP contribution in [-0.2, 0) is 5.41 Å². The first kappa shape index (κ1) is 16.8. The van der Waals surface area contributed by atoms with E-state index in [1.807, 2.05) is 12.1 Å². The van der Waals surface area contributed by atoms with Crippen molar-refractivity contribution in [1.82, 2.24) is 0 Å². The fourth-order valence-electron chi connectivity index (χ4n) is 3.43. The van der Waals surface area contributed by atoms with Crippen LogP contribution < -0.4 is 14.8 Å². The maximum Gasteiger partial charge on any atom is 0.166 e. The van der Waals surface area contributed by atoms with Crippen LogP contribution in [0.1, 0.15) is 37.5 Å². The van der Waals surface area contributed by atoms with E-state index in [0.717, 1.165) is 45.0 Å². The van der Waals surface area contributed by atoms with E-state index in [0.29, 0.717) is 13.2 Å². The molecule has 136 valence electrons. The molecular formula is C22H25NO3. The number of rotatable bonds is 2. The van der Waals surface area contributed by atoms with Crippen molar-refractivity contribution in [3.63, 3.8) is 0 Å². The Balaban J connectivity index is 1.78. The maximum atomic E-state index is 5.83. The lowest BCUT2D eigenvalue weighted by Crippen LogP contribution is -2.17. The number of hydrogen-bond acceptors (Lipinski definition) is 4. The molecule has 2 heterocycles. The second-order valence-corrected chi connectivity index (χ2v) is 7.95. The zero-order valence-corrected chi connectivity index (χ0v) is 16.0. The molecular weight excluding hydrogens is 326 g/mol. The van der Waals surface area contributed by atoms with Crippen LogP contribution in [0.3, 0.4) is 0 Å². The van der Waals surface area contributed by atoms with Crippen LogP contribution in [0.15, 0.2) is 34.9 Å². The lowest BCUT2D eigenvalue weighted by Gasteiger charge is -2.23. The average molecular weight is 351 g/mol. The molecule has 4 heteroatoms. The Morgan fingerprint density at radius 2 is 1.77 bits per heavy atom. The van der Waals surface area contributed by atoms with Gasteiger partial charge in [0.2, 0.25) is 0 Å². The molecule has 0 saturated heterocycles. The van der Waals surface area contributed by atoms with Gasteiger partial charge in [-0.1, -0.05) is 26.8 Å². The number of aryl methyl sites for hydroxylation is 1. The Hall–Kier alpha value is -2.62. The third kappa shape index (κ3) is 2.79. The average Bonchev–Trinajstić information content (AvgIpc) is 3.00. The van der Waals surface area contributed by atoms with Gasteiger partial charge in [-0.15, -0.1) is 0 Å². The summed E-state index contributed by atoms with van der Waals surface area (Å²) < 4.78 is 17.3. The number of anilines is 2. The molecule has 0 saturated carbocycles. The fraction of sp³-hybridized carbons (Fsp3) is 0.364. The highest BCUT2D eigenvalue weighted by atomic mass is 16.6. The van der Waals surface area contributed by atoms with E-state index >= 15 is 0 Å². The van der Waals surface area contributed by atoms with E-state index in [4.69, 9.17) is 13.9 Å². The number of benzene rings is 2. The van der Waals surface area contributed by atoms with E-state index < -0.39 is 0 Å². The summed E-state index contributed by atoms with van der Waals surface area (Å²) in [6.07, 6.45) is 1.78. The molecule has 0 atom stereocenters. The molecule has 0 bridgehead atoms. The van der Waals surface area contributed by atoms with Crippen LogP contribution in [0, 0.1) is 13.8 Å². The summed E-state index contributed by atoms with van der Waals surface area (Å²) in [7, 11) is 0. The number of ether oxygens (including phenoxy) is 2. The van der Waals surface area contributed by atoms with Crippen LogP contribution in [0.25, 0.3) is 11.0 Å². The lowest BCUT2D eigenvalue weighted by atomic mass is 9.86. The van der Waals surface area contributed by atoms with Gasteiger partial charge in [0.05, 0.1) is 5.69 Å². The second-order valence-electron chi connectivity index (χ2n) is 7.95. The fourth-order valence-corrected chi connectivity index (χ4v) is 3.43. The molecule has 0 unspecified atom stereocenters. The molecule has 0 spiro atoms. The molecule has 0 aliphatic carbocycles. The molecule has 1 aliphatic rings. The van der Waals surface area contributed by atoms with E-state index in [9.17, 15) is 0 Å². The quantitative estimate of drug-likeness (QED) is 0.628. The summed E-state index contributed by atoms with van der Waals surface area (Å²) >= 11 is 0. The number of fused-ring (bicyclic) bond motifs is 2. The van der Waals surface area contributed by atoms with Gasteiger partial charge in [0, 0.05) is 16.6 Å². The first-order valence-electron chi connectivity index (χ1n) is 9.03. The Kier molecular flexibility index (Phi) is 3.87. The van der Waals surface area contributed by atoms with Gasteiger partial charge < -0.3 is 19.2 Å². The molecule has 1 aromatic heterocycles. The summed E-state index contributed by atoms with van der Waals surface area (Å²) in [4.78, 5) is 0. The second kappa shape index (κ2) is 5.97. The number of nitrogens with one attached hydrogen (secondary N) is 1. The van der Waals surface area contributed by atoms with Crippen LogP contribution >= 0.6 is 0 Å². The highest BCUT2D eigenvalue weighted by Crippen LogP contribution is 2.42. The molecule has 0 amide bonds. The summed E-state index contributed by atoms with van der Waals surface area (Å²) in [5.41, 5.74) is 6.44. The Morgan fingerprint density at radius 1 is 1.00 bits per heavy atom. The van der Waals surface area contributed by atoms with E-state index in [2.05, 4.69) is 52.1 Å². The summed E-state index contributed by atoms with van der Waals surface area (Å²) in [5.74, 6) is 1.65. The van der Waals surface area contributed by atoms with Crippen LogP contribution in [0.2, 0.25) is 0 Å². The predicted octanol–water partition coefficient (Wildman–Crippen LogP) is 5.86. The molecule has 0 radical (unpaired) electrons. The van der Waals surface area contributed by atoms with Crippen molar-refractivity contribution in [2.75, 3.05) is 18.5 Å². The topological polar surface area (TPSA) is 43.6 Å². The Morgan fingerprint density at radius 3 is 2.54 bits per heavy atom. The summed E-state index contributed by atoms with van der Waals surface area (Å²) in [6.45, 7) is 12.0. The van der Waals surface area contributed by atoms with Crippen LogP contribution in [-0.4, -0.2) is 13.2 Å². The highest BCUT2D eigenvalue weighted by molar-refractivity contribution is 5.94. The van der Waals surface area contributed by atoms with Gasteiger partial charge in [0.25, 0.3) is 0 Å². The normalized spacial score (nSPS) is 13.9. The maximum absolute atomic E-state index is 5.83. The van der Waals surface area contributed by atoms with Crippen molar-refractivity contribution >= 4 is 22.3 Å². The van der Waals surface area contributed by atoms with Gasteiger partial charge in [-0.25, -0.2) is 0 Å². The number of hydrogen-bond donors (Lipinski definition) is 1. The standard InChI is InChI=1S/C22H25NO3/c1-13-10-19-21(25-9-8-24-19)14(2)20(13)23-17-12-26-18-7-6-15(11-16(17)18)22(3,4)5/h6-7,10-12,23H,8-9H2,1-5H3. The smallest absolute Gasteiger partial charge is 0.166 e. The van der Waals surface area contributed by atoms with Gasteiger partial charge in [-0.3, -0.25) is 0 Å². The van der Waals surface area contributed by atoms with Crippen molar-refractivity contribution in [3.8, 4) is 11.5 Å². The molecule has 0 fully saturated rings. The molecule has 26 heavy (non-hydrogen) atoms. The van der Waals surface area contributed by atoms with Gasteiger partial charge in [-0.05, 0) is 48.6 Å². The van der Waals surface area contributed by atoms with E-state index in [1.54, 1.807) is 6.26 Å². The molecule has 1 aliphatic heterocycles. The minimum Gasteiger partial charge on any atom is -0.486 e. The molecule has 4 nitrogen and oxygen atoms in total. The van der Waals surface area contributed by atoms with Crippen molar-refractivity contribution in [1.29, 1.82) is 0 Å². The highest BCUT2D eigenvalue weighted by Gasteiger charge is 2.21. The molecule has 4 rings (SSSR count). The predicted molar refractivity (Wildman–Crippen MR) is 105 cm³/mol. The van der Waals surface area contributed by atoms with Crippen molar-refractivity contribution in [2.45, 2.75) is 40.0 Å². The molecule has 3 aromatic rings. The van der Waals surface area contributed by atoms with Crippen LogP contribution in [0.4, 0.5) is 11.4 Å². The van der Waals surface area contributed by atoms with Gasteiger partial charge in [0.15, 0.2) is 11.5 Å². The van der Waals surface area contributed by atoms with Crippen LogP contribution in [0.5, 0.6) is 11.5 Å². The monoisotopic (exact) mass is 351 g/mol. The summed E-state index contributed by atoms with van der Waals surface area (Å²) in [5, 5.41) is 4.65. The first-order chi connectivity index (χ1) is 12.3. The lowest BCUT2D eigenvalue weighted by molar-refractivity contribution is 0.170. The number of furan rings is 1. The van der Waals surface area contributed by atoms with Crippen molar-refractivity contribution < 1.29 is 13.9 Å². The minimum absolute atomic E-state index is 0.0889. The Labute approximate surface area is 154 Å². The molecule has 2 aromatic carbocycles. The largest absolute Gasteiger partial charge is 0.486 e. The van der Waals surface area contributed by atoms with Gasteiger partial charge >= 0.3 is 0 Å². The van der Waals surface area contributed by atoms with Crippen molar-refractivity contribution in [2.24, 2.45) is 0 Å². The van der Waals surface area contributed by atoms with Gasteiger partial charge in [0.1, 0.15) is 25.1 Å². The third-order valence-electron chi connectivity index (χ3n) is 4.97. The summed E-state index contributed by atoms with van der Waals surface area (Å²) in [6, 6.07) is 8.43. The zero-order chi connectivity index (χ0) is 18.5. The minimum atomic E-state index is 0.0889. The van der Waals surface area contributed by atoms with Gasteiger partial charge in [-0.2, -0.15) is 0 Å². The third-order valence-corrected chi connectivity index (χ3v) is 4.97. The SMILES string of the molecule is Cc1cc2c(c(C)c1Nc1coc3ccc(C(C)(C)C)cc13)OCCO2. The van der Waals surface area contributed by atoms with Crippen molar-refractivity contribution in [3.05, 3.63) is 47.2 Å². The molecule has 1 N–H and O–H groups in total. The van der Waals surface area contributed by atoms with E-state index in [1.165, 1.54) is 5.56 Å². The Bertz CT molecular complexity index is 979. The first-order valence-corrected chi connectivity index (χ1v) is 9.03. The zero-order valence-electron chi connectivity index (χ0n) is 16.0.